The van der Waals surface area contributed by atoms with E-state index in [1.807, 2.05) is 0 Å². The standard InChI is InChI=1S/C14H18N2O4S/c1-3-15-14(20)16-13(19)9(2)21-11-6-4-10(5-7-11)8-12(17)18/h4-7,9H,3,8H2,1-2H3,(H,17,18)(H2,15,16,19,20). The fraction of sp³-hybridized carbons (Fsp3) is 0.357. The Kier molecular flexibility index (Phi) is 6.74. The quantitative estimate of drug-likeness (QED) is 0.694. The molecule has 0 radical (unpaired) electrons. The minimum absolute atomic E-state index is 0.0296. The topological polar surface area (TPSA) is 95.5 Å². The Labute approximate surface area is 127 Å². The van der Waals surface area contributed by atoms with Gasteiger partial charge in [0, 0.05) is 11.4 Å². The Morgan fingerprint density at radius 3 is 2.38 bits per heavy atom. The molecule has 0 bridgehead atoms. The number of carbonyl (C=O) groups is 3. The third-order valence-electron chi connectivity index (χ3n) is 2.53. The summed E-state index contributed by atoms with van der Waals surface area (Å²) in [6.45, 7) is 3.91. The summed E-state index contributed by atoms with van der Waals surface area (Å²) in [4.78, 5) is 34.4. The van der Waals surface area contributed by atoms with E-state index in [0.717, 1.165) is 4.90 Å². The maximum Gasteiger partial charge on any atom is 0.321 e. The molecule has 0 spiro atoms. The Bertz CT molecular complexity index is 516. The van der Waals surface area contributed by atoms with Crippen molar-refractivity contribution in [2.24, 2.45) is 0 Å². The molecule has 0 saturated heterocycles. The van der Waals surface area contributed by atoms with Gasteiger partial charge in [-0.3, -0.25) is 14.9 Å². The van der Waals surface area contributed by atoms with E-state index < -0.39 is 17.3 Å². The molecule has 21 heavy (non-hydrogen) atoms. The first kappa shape index (κ1) is 17.0. The summed E-state index contributed by atoms with van der Waals surface area (Å²) in [6.07, 6.45) is -0.0296. The summed E-state index contributed by atoms with van der Waals surface area (Å²) < 4.78 is 0. The number of carbonyl (C=O) groups excluding carboxylic acids is 2. The first-order valence-electron chi connectivity index (χ1n) is 6.48. The number of amides is 3. The number of thioether (sulfide) groups is 1. The monoisotopic (exact) mass is 310 g/mol. The predicted octanol–water partition coefficient (Wildman–Crippen LogP) is 1.64. The zero-order valence-electron chi connectivity index (χ0n) is 11.9. The van der Waals surface area contributed by atoms with Crippen molar-refractivity contribution in [3.63, 3.8) is 0 Å². The van der Waals surface area contributed by atoms with Crippen LogP contribution in [0.2, 0.25) is 0 Å². The van der Waals surface area contributed by atoms with Crippen LogP contribution < -0.4 is 10.6 Å². The van der Waals surface area contributed by atoms with Gasteiger partial charge >= 0.3 is 12.0 Å². The van der Waals surface area contributed by atoms with Crippen LogP contribution in [0.15, 0.2) is 29.2 Å². The van der Waals surface area contributed by atoms with Crippen molar-refractivity contribution in [3.8, 4) is 0 Å². The lowest BCUT2D eigenvalue weighted by atomic mass is 10.2. The zero-order chi connectivity index (χ0) is 15.8. The fourth-order valence-corrected chi connectivity index (χ4v) is 2.40. The van der Waals surface area contributed by atoms with E-state index in [0.29, 0.717) is 12.1 Å². The van der Waals surface area contributed by atoms with Gasteiger partial charge in [0.25, 0.3) is 0 Å². The molecule has 0 aliphatic rings. The molecule has 3 N–H and O–H groups in total. The highest BCUT2D eigenvalue weighted by atomic mass is 32.2. The van der Waals surface area contributed by atoms with E-state index in [1.54, 1.807) is 38.1 Å². The minimum Gasteiger partial charge on any atom is -0.481 e. The molecule has 6 nitrogen and oxygen atoms in total. The Morgan fingerprint density at radius 2 is 1.86 bits per heavy atom. The predicted molar refractivity (Wildman–Crippen MR) is 80.3 cm³/mol. The van der Waals surface area contributed by atoms with E-state index in [9.17, 15) is 14.4 Å². The number of carboxylic acids is 1. The van der Waals surface area contributed by atoms with Crippen LogP contribution >= 0.6 is 11.8 Å². The average molecular weight is 310 g/mol. The second-order valence-electron chi connectivity index (χ2n) is 4.32. The van der Waals surface area contributed by atoms with Crippen molar-refractivity contribution in [2.75, 3.05) is 6.54 Å². The van der Waals surface area contributed by atoms with Crippen LogP contribution in [-0.2, 0) is 16.0 Å². The smallest absolute Gasteiger partial charge is 0.321 e. The second-order valence-corrected chi connectivity index (χ2v) is 5.74. The molecule has 0 aliphatic carbocycles. The van der Waals surface area contributed by atoms with Gasteiger partial charge in [-0.2, -0.15) is 0 Å². The molecule has 0 aliphatic heterocycles. The molecule has 0 saturated carbocycles. The lowest BCUT2D eigenvalue weighted by Crippen LogP contribution is -2.42. The maximum absolute atomic E-state index is 11.8. The van der Waals surface area contributed by atoms with E-state index in [4.69, 9.17) is 5.11 Å². The number of hydrogen-bond acceptors (Lipinski definition) is 4. The van der Waals surface area contributed by atoms with Gasteiger partial charge in [-0.25, -0.2) is 4.79 Å². The van der Waals surface area contributed by atoms with Gasteiger partial charge in [-0.1, -0.05) is 12.1 Å². The van der Waals surface area contributed by atoms with Gasteiger partial charge in [0.2, 0.25) is 5.91 Å². The van der Waals surface area contributed by atoms with Crippen molar-refractivity contribution < 1.29 is 19.5 Å². The van der Waals surface area contributed by atoms with Gasteiger partial charge in [-0.05, 0) is 31.5 Å². The molecule has 1 aromatic carbocycles. The van der Waals surface area contributed by atoms with Crippen molar-refractivity contribution >= 4 is 29.7 Å². The van der Waals surface area contributed by atoms with Crippen LogP contribution in [-0.4, -0.2) is 34.8 Å². The number of urea groups is 1. The largest absolute Gasteiger partial charge is 0.481 e. The molecule has 7 heteroatoms. The number of rotatable bonds is 6. The Balaban J connectivity index is 2.54. The number of imide groups is 1. The summed E-state index contributed by atoms with van der Waals surface area (Å²) in [5.74, 6) is -1.26. The molecular formula is C14H18N2O4S. The highest BCUT2D eigenvalue weighted by Crippen LogP contribution is 2.23. The first-order chi connectivity index (χ1) is 9.92. The van der Waals surface area contributed by atoms with Gasteiger partial charge in [0.1, 0.15) is 0 Å². The molecular weight excluding hydrogens is 292 g/mol. The zero-order valence-corrected chi connectivity index (χ0v) is 12.7. The molecule has 1 atom stereocenters. The van der Waals surface area contributed by atoms with Crippen molar-refractivity contribution in [3.05, 3.63) is 29.8 Å². The van der Waals surface area contributed by atoms with E-state index >= 15 is 0 Å². The third kappa shape index (κ3) is 6.31. The molecule has 1 aromatic rings. The fourth-order valence-electron chi connectivity index (χ4n) is 1.54. The van der Waals surface area contributed by atoms with Crippen molar-refractivity contribution in [1.29, 1.82) is 0 Å². The summed E-state index contributed by atoms with van der Waals surface area (Å²) in [6, 6.07) is 6.44. The van der Waals surface area contributed by atoms with E-state index in [1.165, 1.54) is 11.8 Å². The number of carboxylic acid groups (broad SMARTS) is 1. The highest BCUT2D eigenvalue weighted by molar-refractivity contribution is 8.00. The lowest BCUT2D eigenvalue weighted by molar-refractivity contribution is -0.136. The summed E-state index contributed by atoms with van der Waals surface area (Å²) in [7, 11) is 0. The number of hydrogen-bond donors (Lipinski definition) is 3. The second kappa shape index (κ2) is 8.31. The van der Waals surface area contributed by atoms with Gasteiger partial charge in [0.15, 0.2) is 0 Å². The molecule has 0 heterocycles. The van der Waals surface area contributed by atoms with Crippen LogP contribution in [0.3, 0.4) is 0 Å². The van der Waals surface area contributed by atoms with Crippen LogP contribution in [0, 0.1) is 0 Å². The average Bonchev–Trinajstić information content (AvgIpc) is 2.40. The van der Waals surface area contributed by atoms with Crippen molar-refractivity contribution in [1.82, 2.24) is 10.6 Å². The van der Waals surface area contributed by atoms with Gasteiger partial charge < -0.3 is 10.4 Å². The minimum atomic E-state index is -0.884. The third-order valence-corrected chi connectivity index (χ3v) is 3.65. The Morgan fingerprint density at radius 1 is 1.24 bits per heavy atom. The summed E-state index contributed by atoms with van der Waals surface area (Å²) in [5.41, 5.74) is 0.700. The van der Waals surface area contributed by atoms with Crippen LogP contribution in [0.1, 0.15) is 19.4 Å². The van der Waals surface area contributed by atoms with Crippen molar-refractivity contribution in [2.45, 2.75) is 30.4 Å². The molecule has 3 amide bonds. The number of nitrogens with one attached hydrogen (secondary N) is 2. The lowest BCUT2D eigenvalue weighted by Gasteiger charge is -2.11. The number of benzene rings is 1. The summed E-state index contributed by atoms with van der Waals surface area (Å²) in [5, 5.41) is 13.0. The van der Waals surface area contributed by atoms with Gasteiger partial charge in [0.05, 0.1) is 11.7 Å². The maximum atomic E-state index is 11.8. The van der Waals surface area contributed by atoms with Crippen LogP contribution in [0.25, 0.3) is 0 Å². The molecule has 0 aromatic heterocycles. The molecule has 1 rings (SSSR count). The first-order valence-corrected chi connectivity index (χ1v) is 7.36. The Hall–Kier alpha value is -2.02. The molecule has 1 unspecified atom stereocenters. The summed E-state index contributed by atoms with van der Waals surface area (Å²) >= 11 is 1.30. The highest BCUT2D eigenvalue weighted by Gasteiger charge is 2.16. The SMILES string of the molecule is CCNC(=O)NC(=O)C(C)Sc1ccc(CC(=O)O)cc1. The van der Waals surface area contributed by atoms with Crippen LogP contribution in [0.5, 0.6) is 0 Å². The van der Waals surface area contributed by atoms with E-state index in [-0.39, 0.29) is 12.3 Å². The van der Waals surface area contributed by atoms with E-state index in [2.05, 4.69) is 10.6 Å². The number of aliphatic carboxylic acids is 1. The molecule has 114 valence electrons. The van der Waals surface area contributed by atoms with Crippen LogP contribution in [0.4, 0.5) is 4.79 Å². The normalized spacial score (nSPS) is 11.5. The van der Waals surface area contributed by atoms with Gasteiger partial charge in [-0.15, -0.1) is 11.8 Å². The molecule has 0 fully saturated rings.